The number of aryl methyl sites for hydroxylation is 1. The summed E-state index contributed by atoms with van der Waals surface area (Å²) in [5.41, 5.74) is 10.4. The molecule has 2 rings (SSSR count). The van der Waals surface area contributed by atoms with E-state index in [1.54, 1.807) is 6.20 Å². The fourth-order valence-corrected chi connectivity index (χ4v) is 1.66. The highest BCUT2D eigenvalue weighted by Gasteiger charge is 2.03. The van der Waals surface area contributed by atoms with Gasteiger partial charge in [-0.1, -0.05) is 29.8 Å². The topological polar surface area (TPSA) is 38.9 Å². The lowest BCUT2D eigenvalue weighted by atomic mass is 9.99. The van der Waals surface area contributed by atoms with Gasteiger partial charge >= 0.3 is 0 Å². The van der Waals surface area contributed by atoms with Crippen molar-refractivity contribution < 1.29 is 0 Å². The summed E-state index contributed by atoms with van der Waals surface area (Å²) in [6, 6.07) is 10.3. The standard InChI is InChI=1S/C13H14N2/c1-10-4-5-11(8-14)13(7-10)12-3-2-6-15-9-12/h2-7,9H,8,14H2,1H3. The molecule has 1 aromatic heterocycles. The molecule has 15 heavy (non-hydrogen) atoms. The predicted octanol–water partition coefficient (Wildman–Crippen LogP) is 2.52. The van der Waals surface area contributed by atoms with Gasteiger partial charge in [0.1, 0.15) is 0 Å². The number of benzene rings is 1. The molecule has 76 valence electrons. The molecule has 0 atom stereocenters. The molecule has 0 saturated carbocycles. The van der Waals surface area contributed by atoms with E-state index in [4.69, 9.17) is 5.73 Å². The molecule has 2 N–H and O–H groups in total. The van der Waals surface area contributed by atoms with Crippen LogP contribution in [-0.4, -0.2) is 4.98 Å². The first-order valence-electron chi connectivity index (χ1n) is 5.01. The maximum atomic E-state index is 5.72. The van der Waals surface area contributed by atoms with Gasteiger partial charge in [0.2, 0.25) is 0 Å². The molecular weight excluding hydrogens is 184 g/mol. The summed E-state index contributed by atoms with van der Waals surface area (Å²) in [5.74, 6) is 0. The maximum Gasteiger partial charge on any atom is 0.0346 e. The number of rotatable bonds is 2. The van der Waals surface area contributed by atoms with Crippen molar-refractivity contribution in [2.75, 3.05) is 0 Å². The second-order valence-corrected chi connectivity index (χ2v) is 3.61. The Morgan fingerprint density at radius 1 is 1.27 bits per heavy atom. The fourth-order valence-electron chi connectivity index (χ4n) is 1.66. The summed E-state index contributed by atoms with van der Waals surface area (Å²) in [5, 5.41) is 0. The van der Waals surface area contributed by atoms with E-state index in [0.717, 1.165) is 11.1 Å². The minimum absolute atomic E-state index is 0.560. The van der Waals surface area contributed by atoms with E-state index in [2.05, 4.69) is 36.2 Å². The summed E-state index contributed by atoms with van der Waals surface area (Å²) in [6.45, 7) is 2.64. The largest absolute Gasteiger partial charge is 0.326 e. The van der Waals surface area contributed by atoms with Gasteiger partial charge in [-0.3, -0.25) is 4.98 Å². The molecule has 2 aromatic rings. The first-order chi connectivity index (χ1) is 7.31. The third kappa shape index (κ3) is 2.05. The molecule has 0 saturated heterocycles. The zero-order valence-electron chi connectivity index (χ0n) is 8.77. The summed E-state index contributed by atoms with van der Waals surface area (Å²) < 4.78 is 0. The van der Waals surface area contributed by atoms with E-state index < -0.39 is 0 Å². The van der Waals surface area contributed by atoms with Crippen LogP contribution in [0.5, 0.6) is 0 Å². The van der Waals surface area contributed by atoms with Gasteiger partial charge < -0.3 is 5.73 Å². The number of nitrogens with zero attached hydrogens (tertiary/aromatic N) is 1. The Labute approximate surface area is 89.8 Å². The normalized spacial score (nSPS) is 10.3. The van der Waals surface area contributed by atoms with Crippen molar-refractivity contribution in [3.63, 3.8) is 0 Å². The molecule has 0 spiro atoms. The lowest BCUT2D eigenvalue weighted by molar-refractivity contribution is 1.07. The summed E-state index contributed by atoms with van der Waals surface area (Å²) >= 11 is 0. The van der Waals surface area contributed by atoms with Gasteiger partial charge in [-0.15, -0.1) is 0 Å². The highest BCUT2D eigenvalue weighted by atomic mass is 14.6. The molecule has 1 aromatic carbocycles. The first kappa shape index (κ1) is 9.87. The van der Waals surface area contributed by atoms with Crippen molar-refractivity contribution >= 4 is 0 Å². The van der Waals surface area contributed by atoms with Crippen LogP contribution < -0.4 is 5.73 Å². The second-order valence-electron chi connectivity index (χ2n) is 3.61. The molecule has 0 aliphatic heterocycles. The smallest absolute Gasteiger partial charge is 0.0346 e. The Bertz CT molecular complexity index is 449. The fraction of sp³-hybridized carbons (Fsp3) is 0.154. The third-order valence-corrected chi connectivity index (χ3v) is 2.46. The summed E-state index contributed by atoms with van der Waals surface area (Å²) in [4.78, 5) is 4.13. The highest BCUT2D eigenvalue weighted by molar-refractivity contribution is 5.67. The molecule has 0 aliphatic rings. The Kier molecular flexibility index (Phi) is 2.79. The molecule has 2 heteroatoms. The minimum atomic E-state index is 0.560. The van der Waals surface area contributed by atoms with Crippen LogP contribution in [0.25, 0.3) is 11.1 Å². The number of hydrogen-bond acceptors (Lipinski definition) is 2. The first-order valence-corrected chi connectivity index (χ1v) is 5.01. The molecule has 0 bridgehead atoms. The number of aromatic nitrogens is 1. The van der Waals surface area contributed by atoms with Crippen molar-refractivity contribution in [1.82, 2.24) is 4.98 Å². The third-order valence-electron chi connectivity index (χ3n) is 2.46. The van der Waals surface area contributed by atoms with Crippen molar-refractivity contribution in [3.8, 4) is 11.1 Å². The maximum absolute atomic E-state index is 5.72. The zero-order valence-corrected chi connectivity index (χ0v) is 8.77. The van der Waals surface area contributed by atoms with Crippen LogP contribution in [0.1, 0.15) is 11.1 Å². The van der Waals surface area contributed by atoms with Gasteiger partial charge in [-0.25, -0.2) is 0 Å². The van der Waals surface area contributed by atoms with Gasteiger partial charge in [0, 0.05) is 24.5 Å². The Morgan fingerprint density at radius 3 is 2.80 bits per heavy atom. The van der Waals surface area contributed by atoms with Crippen molar-refractivity contribution in [2.24, 2.45) is 5.73 Å². The van der Waals surface area contributed by atoms with Gasteiger partial charge in [-0.2, -0.15) is 0 Å². The average Bonchev–Trinajstić information content (AvgIpc) is 2.30. The quantitative estimate of drug-likeness (QED) is 0.805. The van der Waals surface area contributed by atoms with Crippen LogP contribution in [0.3, 0.4) is 0 Å². The molecule has 2 nitrogen and oxygen atoms in total. The number of nitrogens with two attached hydrogens (primary N) is 1. The van der Waals surface area contributed by atoms with E-state index >= 15 is 0 Å². The Hall–Kier alpha value is -1.67. The SMILES string of the molecule is Cc1ccc(CN)c(-c2cccnc2)c1. The van der Waals surface area contributed by atoms with Crippen LogP contribution in [0, 0.1) is 6.92 Å². The van der Waals surface area contributed by atoms with E-state index in [9.17, 15) is 0 Å². The van der Waals surface area contributed by atoms with E-state index in [-0.39, 0.29) is 0 Å². The van der Waals surface area contributed by atoms with E-state index in [1.807, 2.05) is 12.3 Å². The number of pyridine rings is 1. The van der Waals surface area contributed by atoms with E-state index in [1.165, 1.54) is 11.1 Å². The second kappa shape index (κ2) is 4.24. The molecule has 0 aliphatic carbocycles. The molecule has 0 fully saturated rings. The Balaban J connectivity index is 2.56. The lowest BCUT2D eigenvalue weighted by Gasteiger charge is -2.08. The molecule has 0 amide bonds. The van der Waals surface area contributed by atoms with Gasteiger partial charge in [0.25, 0.3) is 0 Å². The van der Waals surface area contributed by atoms with Crippen molar-refractivity contribution in [3.05, 3.63) is 53.9 Å². The van der Waals surface area contributed by atoms with Crippen LogP contribution in [0.15, 0.2) is 42.7 Å². The number of hydrogen-bond donors (Lipinski definition) is 1. The van der Waals surface area contributed by atoms with Crippen LogP contribution >= 0.6 is 0 Å². The van der Waals surface area contributed by atoms with Crippen LogP contribution in [0.4, 0.5) is 0 Å². The average molecular weight is 198 g/mol. The van der Waals surface area contributed by atoms with Gasteiger partial charge in [-0.05, 0) is 24.1 Å². The Morgan fingerprint density at radius 2 is 2.13 bits per heavy atom. The molecule has 1 heterocycles. The molecule has 0 radical (unpaired) electrons. The van der Waals surface area contributed by atoms with E-state index in [0.29, 0.717) is 6.54 Å². The van der Waals surface area contributed by atoms with Crippen molar-refractivity contribution in [2.45, 2.75) is 13.5 Å². The summed E-state index contributed by atoms with van der Waals surface area (Å²) in [6.07, 6.45) is 3.65. The predicted molar refractivity (Wildman–Crippen MR) is 62.3 cm³/mol. The lowest BCUT2D eigenvalue weighted by Crippen LogP contribution is -1.99. The van der Waals surface area contributed by atoms with Crippen LogP contribution in [0.2, 0.25) is 0 Å². The van der Waals surface area contributed by atoms with Crippen LogP contribution in [-0.2, 0) is 6.54 Å². The summed E-state index contributed by atoms with van der Waals surface area (Å²) in [7, 11) is 0. The van der Waals surface area contributed by atoms with Gasteiger partial charge in [0.05, 0.1) is 0 Å². The molecule has 0 unspecified atom stereocenters. The molecular formula is C13H14N2. The van der Waals surface area contributed by atoms with Crippen molar-refractivity contribution in [1.29, 1.82) is 0 Å². The minimum Gasteiger partial charge on any atom is -0.326 e. The van der Waals surface area contributed by atoms with Gasteiger partial charge in [0.15, 0.2) is 0 Å². The zero-order chi connectivity index (χ0) is 10.7. The highest BCUT2D eigenvalue weighted by Crippen LogP contribution is 2.23. The monoisotopic (exact) mass is 198 g/mol.